The molecule has 1 amide bonds. The second-order valence-electron chi connectivity index (χ2n) is 6.01. The largest absolute Gasteiger partial charge is 0.354 e. The molecule has 2 aliphatic rings. The number of hydrogen-bond acceptors (Lipinski definition) is 3. The van der Waals surface area contributed by atoms with E-state index in [4.69, 9.17) is 0 Å². The molecule has 92 valence electrons. The smallest absolute Gasteiger partial charge is 0.238 e. The minimum absolute atomic E-state index is 0.0231. The second-order valence-corrected chi connectivity index (χ2v) is 7.04. The first-order valence-corrected chi connectivity index (χ1v) is 7.11. The van der Waals surface area contributed by atoms with Crippen LogP contribution in [0.25, 0.3) is 0 Å². The molecular formula is C12H22N2OS. The van der Waals surface area contributed by atoms with Crippen LogP contribution in [-0.4, -0.2) is 30.1 Å². The third-order valence-corrected chi connectivity index (χ3v) is 5.77. The summed E-state index contributed by atoms with van der Waals surface area (Å²) in [6.07, 6.45) is 0. The quantitative estimate of drug-likeness (QED) is 0.787. The van der Waals surface area contributed by atoms with E-state index in [1.807, 2.05) is 0 Å². The van der Waals surface area contributed by atoms with Crippen molar-refractivity contribution in [3.8, 4) is 0 Å². The average Bonchev–Trinajstić information content (AvgIpc) is 2.66. The first-order valence-electron chi connectivity index (χ1n) is 5.96. The molecule has 2 fully saturated rings. The zero-order valence-electron chi connectivity index (χ0n) is 10.6. The molecule has 0 bridgehead atoms. The number of hydrogen-bond donors (Lipinski definition) is 2. The van der Waals surface area contributed by atoms with Crippen LogP contribution in [0.15, 0.2) is 0 Å². The van der Waals surface area contributed by atoms with E-state index < -0.39 is 0 Å². The maximum Gasteiger partial charge on any atom is 0.238 e. The number of amides is 1. The molecule has 2 rings (SSSR count). The van der Waals surface area contributed by atoms with Gasteiger partial charge in [0.2, 0.25) is 5.91 Å². The van der Waals surface area contributed by atoms with Crippen molar-refractivity contribution in [3.05, 3.63) is 0 Å². The van der Waals surface area contributed by atoms with Crippen molar-refractivity contribution in [3.63, 3.8) is 0 Å². The van der Waals surface area contributed by atoms with Gasteiger partial charge in [0.1, 0.15) is 0 Å². The molecular weight excluding hydrogens is 220 g/mol. The Morgan fingerprint density at radius 1 is 1.38 bits per heavy atom. The molecule has 0 spiro atoms. The molecule has 1 heterocycles. The van der Waals surface area contributed by atoms with Crippen molar-refractivity contribution in [1.82, 2.24) is 10.6 Å². The second kappa shape index (κ2) is 3.91. The maximum absolute atomic E-state index is 11.8. The SMILES string of the molecule is CC1(C)C(CNC(=O)C2CSCN2)C1(C)C. The minimum atomic E-state index is 0.0231. The predicted molar refractivity (Wildman–Crippen MR) is 68.3 cm³/mol. The van der Waals surface area contributed by atoms with Crippen LogP contribution in [-0.2, 0) is 4.79 Å². The third kappa shape index (κ3) is 1.86. The van der Waals surface area contributed by atoms with Crippen molar-refractivity contribution >= 4 is 17.7 Å². The highest BCUT2D eigenvalue weighted by Crippen LogP contribution is 2.67. The van der Waals surface area contributed by atoms with Gasteiger partial charge in [0.05, 0.1) is 6.04 Å². The van der Waals surface area contributed by atoms with Crippen molar-refractivity contribution in [2.75, 3.05) is 18.2 Å². The number of thioether (sulfide) groups is 1. The molecule has 1 aliphatic carbocycles. The van der Waals surface area contributed by atoms with Gasteiger partial charge < -0.3 is 5.32 Å². The van der Waals surface area contributed by atoms with Crippen LogP contribution in [0.4, 0.5) is 0 Å². The van der Waals surface area contributed by atoms with Gasteiger partial charge in [-0.1, -0.05) is 27.7 Å². The molecule has 0 radical (unpaired) electrons. The highest BCUT2D eigenvalue weighted by Gasteiger charge is 2.64. The maximum atomic E-state index is 11.8. The van der Waals surface area contributed by atoms with Crippen molar-refractivity contribution in [1.29, 1.82) is 0 Å². The molecule has 1 unspecified atom stereocenters. The van der Waals surface area contributed by atoms with Crippen molar-refractivity contribution < 1.29 is 4.79 Å². The van der Waals surface area contributed by atoms with E-state index in [2.05, 4.69) is 38.3 Å². The lowest BCUT2D eigenvalue weighted by atomic mass is 10.0. The summed E-state index contributed by atoms with van der Waals surface area (Å²) < 4.78 is 0. The van der Waals surface area contributed by atoms with E-state index in [1.54, 1.807) is 11.8 Å². The molecule has 3 nitrogen and oxygen atoms in total. The minimum Gasteiger partial charge on any atom is -0.354 e. The van der Waals surface area contributed by atoms with Gasteiger partial charge in [-0.05, 0) is 16.7 Å². The lowest BCUT2D eigenvalue weighted by molar-refractivity contribution is -0.122. The van der Waals surface area contributed by atoms with E-state index >= 15 is 0 Å². The van der Waals surface area contributed by atoms with Crippen LogP contribution in [0, 0.1) is 16.7 Å². The topological polar surface area (TPSA) is 41.1 Å². The molecule has 2 N–H and O–H groups in total. The molecule has 0 aromatic rings. The lowest BCUT2D eigenvalue weighted by Crippen LogP contribution is -2.43. The Kier molecular flexibility index (Phi) is 2.99. The highest BCUT2D eigenvalue weighted by atomic mass is 32.2. The molecule has 1 saturated heterocycles. The van der Waals surface area contributed by atoms with E-state index in [0.29, 0.717) is 16.7 Å². The third-order valence-electron chi connectivity index (χ3n) is 4.83. The summed E-state index contributed by atoms with van der Waals surface area (Å²) in [5.74, 6) is 2.59. The summed E-state index contributed by atoms with van der Waals surface area (Å²) >= 11 is 1.79. The summed E-state index contributed by atoms with van der Waals surface area (Å²) in [5.41, 5.74) is 0.719. The van der Waals surface area contributed by atoms with E-state index in [0.717, 1.165) is 18.2 Å². The Balaban J connectivity index is 1.79. The van der Waals surface area contributed by atoms with Crippen LogP contribution in [0.5, 0.6) is 0 Å². The number of carbonyl (C=O) groups is 1. The van der Waals surface area contributed by atoms with Gasteiger partial charge in [-0.3, -0.25) is 10.1 Å². The van der Waals surface area contributed by atoms with E-state index in [1.165, 1.54) is 0 Å². The van der Waals surface area contributed by atoms with E-state index in [-0.39, 0.29) is 11.9 Å². The molecule has 0 aromatic heterocycles. The Morgan fingerprint density at radius 2 is 2.00 bits per heavy atom. The Hall–Kier alpha value is -0.220. The van der Waals surface area contributed by atoms with Crippen molar-refractivity contribution in [2.45, 2.75) is 33.7 Å². The Labute approximate surface area is 102 Å². The molecule has 1 atom stereocenters. The molecule has 4 heteroatoms. The fraction of sp³-hybridized carbons (Fsp3) is 0.917. The number of carbonyl (C=O) groups excluding carboxylic acids is 1. The van der Waals surface area contributed by atoms with Gasteiger partial charge in [-0.15, -0.1) is 11.8 Å². The molecule has 16 heavy (non-hydrogen) atoms. The summed E-state index contributed by atoms with van der Waals surface area (Å²) in [7, 11) is 0. The average molecular weight is 242 g/mol. The number of rotatable bonds is 3. The summed E-state index contributed by atoms with van der Waals surface area (Å²) in [5, 5.41) is 6.28. The standard InChI is InChI=1S/C12H22N2OS/c1-11(2)9(12(11,3)4)5-13-10(15)8-6-16-7-14-8/h8-9,14H,5-7H2,1-4H3,(H,13,15). The Morgan fingerprint density at radius 3 is 2.44 bits per heavy atom. The van der Waals surface area contributed by atoms with Crippen LogP contribution >= 0.6 is 11.8 Å². The van der Waals surface area contributed by atoms with Crippen LogP contribution in [0.2, 0.25) is 0 Å². The van der Waals surface area contributed by atoms with Crippen LogP contribution < -0.4 is 10.6 Å². The normalized spacial score (nSPS) is 31.4. The summed E-state index contributed by atoms with van der Waals surface area (Å²) in [6.45, 7) is 9.96. The van der Waals surface area contributed by atoms with Gasteiger partial charge in [0.25, 0.3) is 0 Å². The molecule has 1 saturated carbocycles. The zero-order valence-corrected chi connectivity index (χ0v) is 11.4. The fourth-order valence-corrected chi connectivity index (χ4v) is 3.67. The highest BCUT2D eigenvalue weighted by molar-refractivity contribution is 7.99. The zero-order chi connectivity index (χ0) is 12.0. The van der Waals surface area contributed by atoms with Crippen molar-refractivity contribution in [2.24, 2.45) is 16.7 Å². The van der Waals surface area contributed by atoms with Gasteiger partial charge in [0.15, 0.2) is 0 Å². The molecule has 1 aliphatic heterocycles. The van der Waals surface area contributed by atoms with Gasteiger partial charge >= 0.3 is 0 Å². The first kappa shape index (κ1) is 12.2. The number of nitrogens with one attached hydrogen (secondary N) is 2. The Bertz CT molecular complexity index is 281. The lowest BCUT2D eigenvalue weighted by Gasteiger charge is -2.11. The summed E-state index contributed by atoms with van der Waals surface area (Å²) in [4.78, 5) is 11.8. The van der Waals surface area contributed by atoms with Crippen LogP contribution in [0.3, 0.4) is 0 Å². The first-order chi connectivity index (χ1) is 7.37. The fourth-order valence-electron chi connectivity index (χ4n) is 2.73. The summed E-state index contributed by atoms with van der Waals surface area (Å²) in [6, 6.07) is 0.0231. The van der Waals surface area contributed by atoms with Gasteiger partial charge in [-0.2, -0.15) is 0 Å². The van der Waals surface area contributed by atoms with Gasteiger partial charge in [0, 0.05) is 18.2 Å². The predicted octanol–water partition coefficient (Wildman–Crippen LogP) is 1.45. The van der Waals surface area contributed by atoms with E-state index in [9.17, 15) is 4.79 Å². The van der Waals surface area contributed by atoms with Gasteiger partial charge in [-0.25, -0.2) is 0 Å². The molecule has 0 aromatic carbocycles. The van der Waals surface area contributed by atoms with Crippen LogP contribution in [0.1, 0.15) is 27.7 Å². The monoisotopic (exact) mass is 242 g/mol.